The van der Waals surface area contributed by atoms with Crippen molar-refractivity contribution in [3.05, 3.63) is 23.9 Å². The van der Waals surface area contributed by atoms with Crippen LogP contribution in [0.5, 0.6) is 0 Å². The number of imide groups is 1. The van der Waals surface area contributed by atoms with Crippen molar-refractivity contribution in [3.63, 3.8) is 0 Å². The van der Waals surface area contributed by atoms with E-state index in [2.05, 4.69) is 20.6 Å². The van der Waals surface area contributed by atoms with Gasteiger partial charge in [-0.2, -0.15) is 9.40 Å². The Labute approximate surface area is 193 Å². The first-order valence-electron chi connectivity index (χ1n) is 11.6. The zero-order valence-electron chi connectivity index (χ0n) is 18.8. The number of sulfonamides is 1. The number of rotatable bonds is 4. The van der Waals surface area contributed by atoms with Gasteiger partial charge in [0.15, 0.2) is 0 Å². The van der Waals surface area contributed by atoms with Gasteiger partial charge in [0.1, 0.15) is 0 Å². The third kappa shape index (κ3) is 4.02. The molecule has 1 aromatic heterocycles. The Morgan fingerprint density at radius 2 is 1.76 bits per heavy atom. The van der Waals surface area contributed by atoms with Crippen molar-refractivity contribution in [2.75, 3.05) is 44.2 Å². The molecular formula is C22H30N6O4S. The van der Waals surface area contributed by atoms with Gasteiger partial charge >= 0.3 is 0 Å². The van der Waals surface area contributed by atoms with Gasteiger partial charge in [-0.05, 0) is 38.4 Å². The molecular weight excluding hydrogens is 444 g/mol. The number of aromatic nitrogens is 2. The number of nitrogens with zero attached hydrogens (tertiary/aromatic N) is 4. The van der Waals surface area contributed by atoms with Crippen molar-refractivity contribution in [1.82, 2.24) is 24.7 Å². The molecule has 1 atom stereocenters. The second kappa shape index (κ2) is 8.69. The van der Waals surface area contributed by atoms with Crippen LogP contribution in [0.4, 0.5) is 5.69 Å². The SMILES string of the molecule is Cn1nc(C2CCC(=O)NC2=O)c2cccc(N3CCN(S(=O)(=O)C4CCNCC4)CC3)c21. The number of para-hydroxylation sites is 1. The molecule has 3 aliphatic heterocycles. The van der Waals surface area contributed by atoms with Crippen LogP contribution >= 0.6 is 0 Å². The lowest BCUT2D eigenvalue weighted by molar-refractivity contribution is -0.134. The smallest absolute Gasteiger partial charge is 0.235 e. The molecule has 3 saturated heterocycles. The molecule has 33 heavy (non-hydrogen) atoms. The Bertz CT molecular complexity index is 1180. The van der Waals surface area contributed by atoms with Crippen LogP contribution in [0.3, 0.4) is 0 Å². The predicted molar refractivity (Wildman–Crippen MR) is 124 cm³/mol. The Morgan fingerprint density at radius 3 is 2.45 bits per heavy atom. The van der Waals surface area contributed by atoms with E-state index in [1.54, 1.807) is 8.99 Å². The summed E-state index contributed by atoms with van der Waals surface area (Å²) in [5.41, 5.74) is 2.60. The van der Waals surface area contributed by atoms with Crippen molar-refractivity contribution >= 4 is 38.4 Å². The van der Waals surface area contributed by atoms with E-state index in [0.717, 1.165) is 29.7 Å². The standard InChI is InChI=1S/C22H30N6O4S/c1-26-21-16(20(25-26)17-5-6-19(29)24-22(17)30)3-2-4-18(21)27-11-13-28(14-12-27)33(31,32)15-7-9-23-10-8-15/h2-4,15,17,23H,5-14H2,1H3,(H,24,29,30). The quantitative estimate of drug-likeness (QED) is 0.612. The van der Waals surface area contributed by atoms with Crippen LogP contribution in [-0.2, 0) is 26.7 Å². The van der Waals surface area contributed by atoms with Crippen molar-refractivity contribution in [3.8, 4) is 0 Å². The number of piperazine rings is 1. The average Bonchev–Trinajstić information content (AvgIpc) is 3.16. The number of nitrogens with one attached hydrogen (secondary N) is 2. The average molecular weight is 475 g/mol. The summed E-state index contributed by atoms with van der Waals surface area (Å²) in [4.78, 5) is 26.2. The number of carbonyl (C=O) groups is 2. The Kier molecular flexibility index (Phi) is 5.87. The predicted octanol–water partition coefficient (Wildman–Crippen LogP) is 0.297. The third-order valence-corrected chi connectivity index (χ3v) is 9.49. The van der Waals surface area contributed by atoms with Crippen LogP contribution in [0.2, 0.25) is 0 Å². The van der Waals surface area contributed by atoms with Gasteiger partial charge in [0.05, 0.1) is 28.1 Å². The number of amides is 2. The van der Waals surface area contributed by atoms with Crippen molar-refractivity contribution in [2.24, 2.45) is 7.05 Å². The molecule has 2 N–H and O–H groups in total. The van der Waals surface area contributed by atoms with E-state index < -0.39 is 15.9 Å². The maximum atomic E-state index is 13.1. The number of hydrogen-bond acceptors (Lipinski definition) is 7. The van der Waals surface area contributed by atoms with Gasteiger partial charge in [0.2, 0.25) is 21.8 Å². The molecule has 3 fully saturated rings. The Morgan fingerprint density at radius 1 is 1.03 bits per heavy atom. The minimum Gasteiger partial charge on any atom is -0.367 e. The molecule has 0 aliphatic carbocycles. The number of anilines is 1. The fourth-order valence-electron chi connectivity index (χ4n) is 5.30. The number of carbonyl (C=O) groups excluding carboxylic acids is 2. The Hall–Kier alpha value is -2.50. The molecule has 1 aromatic carbocycles. The van der Waals surface area contributed by atoms with Crippen molar-refractivity contribution in [2.45, 2.75) is 36.9 Å². The van der Waals surface area contributed by atoms with Crippen LogP contribution in [0.25, 0.3) is 10.9 Å². The summed E-state index contributed by atoms with van der Waals surface area (Å²) >= 11 is 0. The molecule has 0 bridgehead atoms. The summed E-state index contributed by atoms with van der Waals surface area (Å²) in [6.07, 6.45) is 2.09. The molecule has 0 saturated carbocycles. The van der Waals surface area contributed by atoms with Gasteiger partial charge in [0, 0.05) is 45.0 Å². The van der Waals surface area contributed by atoms with Crippen LogP contribution in [-0.4, -0.2) is 78.8 Å². The molecule has 1 unspecified atom stereocenters. The van der Waals surface area contributed by atoms with Gasteiger partial charge in [-0.15, -0.1) is 0 Å². The van der Waals surface area contributed by atoms with Crippen LogP contribution in [0.1, 0.15) is 37.3 Å². The fourth-order valence-corrected chi connectivity index (χ4v) is 7.22. The largest absolute Gasteiger partial charge is 0.367 e. The lowest BCUT2D eigenvalue weighted by atomic mass is 9.92. The highest BCUT2D eigenvalue weighted by Crippen LogP contribution is 2.35. The summed E-state index contributed by atoms with van der Waals surface area (Å²) in [6.45, 7) is 3.62. The van der Waals surface area contributed by atoms with Crippen LogP contribution in [0.15, 0.2) is 18.2 Å². The zero-order chi connectivity index (χ0) is 23.2. The molecule has 3 aliphatic rings. The van der Waals surface area contributed by atoms with E-state index >= 15 is 0 Å². The molecule has 4 heterocycles. The summed E-state index contributed by atoms with van der Waals surface area (Å²) in [5.74, 6) is -0.989. The van der Waals surface area contributed by atoms with Crippen molar-refractivity contribution < 1.29 is 18.0 Å². The fraction of sp³-hybridized carbons (Fsp3) is 0.591. The van der Waals surface area contributed by atoms with Crippen LogP contribution < -0.4 is 15.5 Å². The van der Waals surface area contributed by atoms with E-state index in [1.165, 1.54) is 0 Å². The maximum Gasteiger partial charge on any atom is 0.235 e. The molecule has 2 aromatic rings. The lowest BCUT2D eigenvalue weighted by Gasteiger charge is -2.38. The maximum absolute atomic E-state index is 13.1. The summed E-state index contributed by atoms with van der Waals surface area (Å²) in [7, 11) is -1.43. The van der Waals surface area contributed by atoms with Gasteiger partial charge in [0.25, 0.3) is 0 Å². The number of aryl methyl sites for hydroxylation is 1. The zero-order valence-corrected chi connectivity index (χ0v) is 19.6. The van der Waals surface area contributed by atoms with E-state index in [0.29, 0.717) is 57.6 Å². The van der Waals surface area contributed by atoms with E-state index in [-0.39, 0.29) is 17.1 Å². The van der Waals surface area contributed by atoms with E-state index in [9.17, 15) is 18.0 Å². The van der Waals surface area contributed by atoms with Crippen LogP contribution in [0, 0.1) is 0 Å². The number of fused-ring (bicyclic) bond motifs is 1. The second-order valence-electron chi connectivity index (χ2n) is 9.07. The highest BCUT2D eigenvalue weighted by Gasteiger charge is 2.36. The highest BCUT2D eigenvalue weighted by atomic mass is 32.2. The summed E-state index contributed by atoms with van der Waals surface area (Å²) in [5, 5.41) is 10.9. The highest BCUT2D eigenvalue weighted by molar-refractivity contribution is 7.89. The van der Waals surface area contributed by atoms with E-state index in [1.807, 2.05) is 25.2 Å². The van der Waals surface area contributed by atoms with Gasteiger partial charge in [-0.25, -0.2) is 8.42 Å². The molecule has 0 radical (unpaired) electrons. The molecule has 0 spiro atoms. The topological polar surface area (TPSA) is 117 Å². The third-order valence-electron chi connectivity index (χ3n) is 7.09. The van der Waals surface area contributed by atoms with Gasteiger partial charge in [-0.1, -0.05) is 12.1 Å². The molecule has 5 rings (SSSR count). The first-order chi connectivity index (χ1) is 15.9. The minimum atomic E-state index is -3.29. The normalized spacial score (nSPS) is 23.8. The molecule has 10 nitrogen and oxygen atoms in total. The van der Waals surface area contributed by atoms with Gasteiger partial charge in [-0.3, -0.25) is 19.6 Å². The molecule has 2 amide bonds. The Balaban J connectivity index is 1.37. The second-order valence-corrected chi connectivity index (χ2v) is 11.3. The summed E-state index contributed by atoms with van der Waals surface area (Å²) < 4.78 is 29.6. The molecule has 178 valence electrons. The summed E-state index contributed by atoms with van der Waals surface area (Å²) in [6, 6.07) is 5.94. The van der Waals surface area contributed by atoms with E-state index in [4.69, 9.17) is 0 Å². The lowest BCUT2D eigenvalue weighted by Crippen LogP contribution is -2.52. The monoisotopic (exact) mass is 474 g/mol. The first kappa shape index (κ1) is 22.3. The number of hydrogen-bond donors (Lipinski definition) is 2. The number of benzene rings is 1. The number of piperidine rings is 2. The van der Waals surface area contributed by atoms with Gasteiger partial charge < -0.3 is 10.2 Å². The first-order valence-corrected chi connectivity index (χ1v) is 13.1. The molecule has 11 heteroatoms. The van der Waals surface area contributed by atoms with Crippen molar-refractivity contribution in [1.29, 1.82) is 0 Å². The minimum absolute atomic E-state index is 0.241.